The molecule has 0 aliphatic carbocycles. The Hall–Kier alpha value is -1.08. The first-order chi connectivity index (χ1) is 7.82. The lowest BCUT2D eigenvalue weighted by molar-refractivity contribution is 0.602. The molecule has 96 valence electrons. The molecule has 0 bridgehead atoms. The van der Waals surface area contributed by atoms with E-state index in [1.54, 1.807) is 18.4 Å². The largest absolute Gasteiger partial charge is 0.396 e. The van der Waals surface area contributed by atoms with Crippen molar-refractivity contribution in [2.45, 2.75) is 4.90 Å². The molecule has 5 nitrogen and oxygen atoms in total. The Morgan fingerprint density at radius 1 is 1.41 bits per heavy atom. The van der Waals surface area contributed by atoms with E-state index in [1.165, 1.54) is 6.07 Å². The minimum atomic E-state index is -3.32. The highest BCUT2D eigenvalue weighted by atomic mass is 32.2. The van der Waals surface area contributed by atoms with Crippen LogP contribution in [-0.2, 0) is 20.6 Å². The summed E-state index contributed by atoms with van der Waals surface area (Å²) in [5.74, 6) is 0.489. The number of nitrogens with one attached hydrogen (secondary N) is 1. The zero-order valence-corrected chi connectivity index (χ0v) is 11.4. The van der Waals surface area contributed by atoms with E-state index in [2.05, 4.69) is 5.32 Å². The van der Waals surface area contributed by atoms with Crippen LogP contribution in [0.5, 0.6) is 0 Å². The molecule has 0 radical (unpaired) electrons. The summed E-state index contributed by atoms with van der Waals surface area (Å²) in [5, 5.41) is 2.97. The standard InChI is InChI=1S/C10H16N2O3S2/c1-16(13)7-6-12-8-4-3-5-9(10(8)11)17(2,14)15/h3-5,12H,6-7,11H2,1-2H3. The summed E-state index contributed by atoms with van der Waals surface area (Å²) in [5.41, 5.74) is 6.53. The summed E-state index contributed by atoms with van der Waals surface area (Å²) in [6.07, 6.45) is 2.72. The fraction of sp³-hybridized carbons (Fsp3) is 0.400. The topological polar surface area (TPSA) is 89.3 Å². The van der Waals surface area contributed by atoms with Crippen LogP contribution < -0.4 is 11.1 Å². The van der Waals surface area contributed by atoms with Gasteiger partial charge in [-0.15, -0.1) is 0 Å². The first kappa shape index (κ1) is 14.0. The average Bonchev–Trinajstić information content (AvgIpc) is 2.18. The minimum absolute atomic E-state index is 0.111. The summed E-state index contributed by atoms with van der Waals surface area (Å²) in [6.45, 7) is 0.487. The number of nitrogen functional groups attached to an aromatic ring is 1. The van der Waals surface area contributed by atoms with Crippen LogP contribution in [0, 0.1) is 0 Å². The lowest BCUT2D eigenvalue weighted by atomic mass is 10.2. The van der Waals surface area contributed by atoms with Gasteiger partial charge < -0.3 is 11.1 Å². The Morgan fingerprint density at radius 2 is 2.06 bits per heavy atom. The molecule has 0 heterocycles. The number of sulfone groups is 1. The third-order valence-electron chi connectivity index (χ3n) is 2.17. The molecule has 1 aromatic rings. The zero-order chi connectivity index (χ0) is 13.1. The molecule has 0 fully saturated rings. The molecule has 1 unspecified atom stereocenters. The van der Waals surface area contributed by atoms with Crippen LogP contribution in [-0.4, -0.2) is 37.4 Å². The van der Waals surface area contributed by atoms with Gasteiger partial charge >= 0.3 is 0 Å². The molecule has 0 saturated heterocycles. The van der Waals surface area contributed by atoms with Crippen molar-refractivity contribution in [3.05, 3.63) is 18.2 Å². The lowest BCUT2D eigenvalue weighted by Gasteiger charge is -2.11. The Bertz CT molecular complexity index is 526. The third kappa shape index (κ3) is 4.01. The Balaban J connectivity index is 2.92. The molecule has 1 atom stereocenters. The van der Waals surface area contributed by atoms with Gasteiger partial charge in [-0.25, -0.2) is 8.42 Å². The summed E-state index contributed by atoms with van der Waals surface area (Å²) in [6, 6.07) is 4.79. The molecule has 0 spiro atoms. The number of hydrogen-bond donors (Lipinski definition) is 2. The highest BCUT2D eigenvalue weighted by molar-refractivity contribution is 7.90. The summed E-state index contributed by atoms with van der Waals surface area (Å²) in [4.78, 5) is 0.111. The summed E-state index contributed by atoms with van der Waals surface area (Å²) in [7, 11) is -4.21. The number of rotatable bonds is 5. The summed E-state index contributed by atoms with van der Waals surface area (Å²) < 4.78 is 33.8. The fourth-order valence-electron chi connectivity index (χ4n) is 1.35. The van der Waals surface area contributed by atoms with Gasteiger partial charge in [0.25, 0.3) is 0 Å². The maximum absolute atomic E-state index is 11.4. The van der Waals surface area contributed by atoms with Crippen molar-refractivity contribution in [1.29, 1.82) is 0 Å². The molecule has 0 aliphatic rings. The zero-order valence-electron chi connectivity index (χ0n) is 9.76. The van der Waals surface area contributed by atoms with Gasteiger partial charge in [-0.2, -0.15) is 0 Å². The predicted molar refractivity (Wildman–Crippen MR) is 71.4 cm³/mol. The van der Waals surface area contributed by atoms with E-state index in [4.69, 9.17) is 5.73 Å². The molecule has 1 aromatic carbocycles. The van der Waals surface area contributed by atoms with E-state index < -0.39 is 20.6 Å². The molecular weight excluding hydrogens is 260 g/mol. The van der Waals surface area contributed by atoms with Gasteiger partial charge in [0.2, 0.25) is 0 Å². The molecule has 3 N–H and O–H groups in total. The monoisotopic (exact) mass is 276 g/mol. The molecule has 7 heteroatoms. The number of benzene rings is 1. The van der Waals surface area contributed by atoms with E-state index in [0.29, 0.717) is 18.0 Å². The van der Waals surface area contributed by atoms with Crippen LogP contribution in [0.3, 0.4) is 0 Å². The number of hydrogen-bond acceptors (Lipinski definition) is 5. The van der Waals surface area contributed by atoms with Gasteiger partial charge in [0.05, 0.1) is 16.3 Å². The Kier molecular flexibility index (Phi) is 4.53. The van der Waals surface area contributed by atoms with E-state index in [9.17, 15) is 12.6 Å². The van der Waals surface area contributed by atoms with Crippen molar-refractivity contribution in [3.8, 4) is 0 Å². The second kappa shape index (κ2) is 5.50. The van der Waals surface area contributed by atoms with Crippen LogP contribution in [0.2, 0.25) is 0 Å². The first-order valence-corrected chi connectivity index (χ1v) is 8.56. The molecule has 0 saturated carbocycles. The third-order valence-corrected chi connectivity index (χ3v) is 4.10. The second-order valence-corrected chi connectivity index (χ2v) is 7.23. The Morgan fingerprint density at radius 3 is 2.59 bits per heavy atom. The first-order valence-electron chi connectivity index (χ1n) is 4.95. The predicted octanol–water partition coefficient (Wildman–Crippen LogP) is 0.463. The van der Waals surface area contributed by atoms with Gasteiger partial charge in [0.15, 0.2) is 9.84 Å². The van der Waals surface area contributed by atoms with Gasteiger partial charge in [0, 0.05) is 35.6 Å². The SMILES string of the molecule is CS(=O)CCNc1cccc(S(C)(=O)=O)c1N. The van der Waals surface area contributed by atoms with E-state index in [-0.39, 0.29) is 10.6 Å². The molecule has 0 aromatic heterocycles. The molecule has 1 rings (SSSR count). The van der Waals surface area contributed by atoms with Gasteiger partial charge in [-0.3, -0.25) is 4.21 Å². The maximum atomic E-state index is 11.4. The van der Waals surface area contributed by atoms with Crippen molar-refractivity contribution in [2.75, 3.05) is 35.9 Å². The highest BCUT2D eigenvalue weighted by Crippen LogP contribution is 2.26. The minimum Gasteiger partial charge on any atom is -0.396 e. The molecule has 0 aliphatic heterocycles. The van der Waals surface area contributed by atoms with E-state index in [0.717, 1.165) is 6.26 Å². The van der Waals surface area contributed by atoms with Gasteiger partial charge in [-0.1, -0.05) is 6.07 Å². The molecule has 17 heavy (non-hydrogen) atoms. The highest BCUT2D eigenvalue weighted by Gasteiger charge is 2.13. The maximum Gasteiger partial charge on any atom is 0.177 e. The summed E-state index contributed by atoms with van der Waals surface area (Å²) >= 11 is 0. The van der Waals surface area contributed by atoms with Crippen molar-refractivity contribution in [3.63, 3.8) is 0 Å². The smallest absolute Gasteiger partial charge is 0.177 e. The molecule has 0 amide bonds. The van der Waals surface area contributed by atoms with Crippen molar-refractivity contribution in [2.24, 2.45) is 0 Å². The van der Waals surface area contributed by atoms with Crippen LogP contribution in [0.4, 0.5) is 11.4 Å². The van der Waals surface area contributed by atoms with Crippen LogP contribution in [0.15, 0.2) is 23.1 Å². The van der Waals surface area contributed by atoms with Crippen LogP contribution in [0.1, 0.15) is 0 Å². The fourth-order valence-corrected chi connectivity index (χ4v) is 2.58. The van der Waals surface area contributed by atoms with E-state index >= 15 is 0 Å². The van der Waals surface area contributed by atoms with Crippen LogP contribution >= 0.6 is 0 Å². The average molecular weight is 276 g/mol. The van der Waals surface area contributed by atoms with Crippen molar-refractivity contribution >= 4 is 32.0 Å². The van der Waals surface area contributed by atoms with Crippen LogP contribution in [0.25, 0.3) is 0 Å². The van der Waals surface area contributed by atoms with Crippen molar-refractivity contribution in [1.82, 2.24) is 0 Å². The number of anilines is 2. The van der Waals surface area contributed by atoms with Gasteiger partial charge in [0.1, 0.15) is 0 Å². The van der Waals surface area contributed by atoms with Crippen molar-refractivity contribution < 1.29 is 12.6 Å². The normalized spacial score (nSPS) is 13.3. The quantitative estimate of drug-likeness (QED) is 0.763. The lowest BCUT2D eigenvalue weighted by Crippen LogP contribution is -2.12. The Labute approximate surface area is 104 Å². The second-order valence-electron chi connectivity index (χ2n) is 3.69. The van der Waals surface area contributed by atoms with Gasteiger partial charge in [-0.05, 0) is 12.1 Å². The number of nitrogens with two attached hydrogens (primary N) is 1. The van der Waals surface area contributed by atoms with E-state index in [1.807, 2.05) is 0 Å². The molecular formula is C10H16N2O3S2. The number of para-hydroxylation sites is 1.